The largest absolute Gasteiger partial charge is 0.416 e. The molecule has 0 spiro atoms. The molecule has 2 aromatic rings. The first-order valence-corrected chi connectivity index (χ1v) is 18.7. The number of alkyl halides is 6. The van der Waals surface area contributed by atoms with Gasteiger partial charge in [0.2, 0.25) is 27.5 Å². The quantitative estimate of drug-likeness (QED) is 0.203. The van der Waals surface area contributed by atoms with E-state index in [1.165, 1.54) is 22.2 Å². The van der Waals surface area contributed by atoms with Crippen LogP contribution in [0, 0.1) is 22.7 Å². The highest BCUT2D eigenvalue weighted by atomic mass is 19.4. The van der Waals surface area contributed by atoms with E-state index >= 15 is 0 Å². The first kappa shape index (κ1) is 43.1. The van der Waals surface area contributed by atoms with E-state index in [-0.39, 0.29) is 61.9 Å². The molecule has 4 aliphatic rings. The number of nitrogens with zero attached hydrogens (tertiary/aromatic N) is 2. The monoisotopic (exact) mass is 786 g/mol. The van der Waals surface area contributed by atoms with Gasteiger partial charge in [0.05, 0.1) is 35.0 Å². The molecule has 18 heteroatoms. The molecule has 56 heavy (non-hydrogen) atoms. The van der Waals surface area contributed by atoms with Crippen LogP contribution in [-0.2, 0) is 48.1 Å². The summed E-state index contributed by atoms with van der Waals surface area (Å²) in [5.74, 6) is -1.44. The third kappa shape index (κ3) is 9.22. The maximum atomic E-state index is 13.4. The second-order valence-corrected chi connectivity index (χ2v) is 15.9. The topological polar surface area (TPSA) is 123 Å². The van der Waals surface area contributed by atoms with Gasteiger partial charge >= 0.3 is 12.4 Å². The summed E-state index contributed by atoms with van der Waals surface area (Å²) in [5, 5.41) is 8.29. The molecule has 0 bridgehead atoms. The Bertz CT molecular complexity index is 1830. The molecule has 6 rings (SSSR count). The van der Waals surface area contributed by atoms with Gasteiger partial charge in [-0.3, -0.25) is 29.2 Å². The molecule has 4 radical (unpaired) electrons. The van der Waals surface area contributed by atoms with Gasteiger partial charge in [0, 0.05) is 25.2 Å². The number of carbonyl (C=O) groups is 4. The van der Waals surface area contributed by atoms with Crippen molar-refractivity contribution in [1.82, 2.24) is 31.5 Å². The molecular formula is C38H46B2F6N6O4. The highest BCUT2D eigenvalue weighted by Gasteiger charge is 2.51. The summed E-state index contributed by atoms with van der Waals surface area (Å²) in [5.41, 5.74) is 5.73. The predicted molar refractivity (Wildman–Crippen MR) is 196 cm³/mol. The van der Waals surface area contributed by atoms with E-state index in [2.05, 4.69) is 21.5 Å². The van der Waals surface area contributed by atoms with Crippen molar-refractivity contribution in [2.45, 2.75) is 117 Å². The number of halogens is 6. The van der Waals surface area contributed by atoms with E-state index in [1.54, 1.807) is 0 Å². The second-order valence-electron chi connectivity index (χ2n) is 15.9. The number of hydrogen-bond donors (Lipinski definition) is 4. The third-order valence-electron chi connectivity index (χ3n) is 12.0. The average molecular weight is 786 g/mol. The molecule has 2 aromatic carbocycles. The first-order chi connectivity index (χ1) is 26.1. The molecule has 10 nitrogen and oxygen atoms in total. The van der Waals surface area contributed by atoms with Gasteiger partial charge < -0.3 is 10.6 Å². The molecule has 0 unspecified atom stereocenters. The second kappa shape index (κ2) is 16.4. The van der Waals surface area contributed by atoms with Gasteiger partial charge in [0.15, 0.2) is 11.6 Å². The van der Waals surface area contributed by atoms with Crippen molar-refractivity contribution in [1.29, 1.82) is 0 Å². The maximum absolute atomic E-state index is 13.4. The van der Waals surface area contributed by atoms with Crippen molar-refractivity contribution in [3.8, 4) is 0 Å². The van der Waals surface area contributed by atoms with Crippen LogP contribution in [0.25, 0.3) is 0 Å². The Hall–Kier alpha value is -4.05. The SMILES string of the molecule is [B]C(=O)N[C@@H]1CC[C@@](C(=O)N2Cc3cc(C(F)(F)F)ccc3CN2)(C(C)C)C1.[B]C(=O)N[C@@H]1CC[C@@](C(=O)N2Cc3ccc(C(F)(F)F)cc3CN2)(C(C)C)C1. The average Bonchev–Trinajstić information content (AvgIpc) is 3.75. The van der Waals surface area contributed by atoms with Crippen molar-refractivity contribution in [3.63, 3.8) is 0 Å². The Labute approximate surface area is 325 Å². The lowest BCUT2D eigenvalue weighted by molar-refractivity contribution is -0.150. The van der Waals surface area contributed by atoms with Crippen LogP contribution in [0.15, 0.2) is 36.4 Å². The molecule has 2 fully saturated rings. The van der Waals surface area contributed by atoms with Crippen LogP contribution in [0.4, 0.5) is 35.9 Å². The lowest BCUT2D eigenvalue weighted by Crippen LogP contribution is -2.53. The summed E-state index contributed by atoms with van der Waals surface area (Å²) in [6, 6.07) is 6.90. The van der Waals surface area contributed by atoms with Gasteiger partial charge in [0.1, 0.15) is 0 Å². The summed E-state index contributed by atoms with van der Waals surface area (Å²) >= 11 is 0. The fourth-order valence-electron chi connectivity index (χ4n) is 8.61. The molecule has 4 amide bonds. The summed E-state index contributed by atoms with van der Waals surface area (Å²) in [6.07, 6.45) is -5.37. The van der Waals surface area contributed by atoms with E-state index in [4.69, 9.17) is 15.7 Å². The van der Waals surface area contributed by atoms with Crippen molar-refractivity contribution in [2.24, 2.45) is 22.7 Å². The minimum atomic E-state index is -4.42. The molecular weight excluding hydrogens is 740 g/mol. The van der Waals surface area contributed by atoms with E-state index in [1.807, 2.05) is 27.7 Å². The van der Waals surface area contributed by atoms with Gasteiger partial charge in [-0.05, 0) is 96.9 Å². The van der Waals surface area contributed by atoms with Crippen LogP contribution in [0.1, 0.15) is 99.6 Å². The Morgan fingerprint density at radius 3 is 1.46 bits per heavy atom. The van der Waals surface area contributed by atoms with E-state index < -0.39 is 45.9 Å². The van der Waals surface area contributed by atoms with Gasteiger partial charge in [-0.2, -0.15) is 26.3 Å². The minimum Gasteiger partial charge on any atom is -0.363 e. The van der Waals surface area contributed by atoms with E-state index in [0.29, 0.717) is 55.2 Å². The van der Waals surface area contributed by atoms with Crippen LogP contribution in [-0.4, -0.2) is 61.2 Å². The third-order valence-corrected chi connectivity index (χ3v) is 12.0. The van der Waals surface area contributed by atoms with Crippen molar-refractivity contribution in [3.05, 3.63) is 69.8 Å². The highest BCUT2D eigenvalue weighted by molar-refractivity contribution is 6.57. The van der Waals surface area contributed by atoms with Crippen LogP contribution in [0.2, 0.25) is 0 Å². The molecule has 2 aliphatic heterocycles. The number of hydrogen-bond acceptors (Lipinski definition) is 6. The van der Waals surface area contributed by atoms with Crippen molar-refractivity contribution < 1.29 is 45.5 Å². The standard InChI is InChI=1S/2C19H23BF3N3O2/c1-11(2)18(6-5-15(8-18)25-17(20)28)16(27)26-10-12-3-4-14(19(21,22)23)7-13(12)9-24-26;1-11(2)18(6-5-15(8-18)25-17(20)28)16(27)26-10-13-7-14(19(21,22)23)4-3-12(13)9-24-26/h2*3-4,7,11,15,24H,5-6,8-10H2,1-2H3,(H,25,28)/t2*15-,18+/m11/s1. The Morgan fingerprint density at radius 2 is 1.05 bits per heavy atom. The Balaban J connectivity index is 0.000000214. The van der Waals surface area contributed by atoms with Crippen LogP contribution < -0.4 is 21.5 Å². The van der Waals surface area contributed by atoms with Crippen molar-refractivity contribution in [2.75, 3.05) is 0 Å². The van der Waals surface area contributed by atoms with Crippen LogP contribution >= 0.6 is 0 Å². The van der Waals surface area contributed by atoms with E-state index in [0.717, 1.165) is 29.8 Å². The lowest BCUT2D eigenvalue weighted by atomic mass is 9.74. The fourth-order valence-corrected chi connectivity index (χ4v) is 8.61. The maximum Gasteiger partial charge on any atom is 0.416 e. The van der Waals surface area contributed by atoms with Gasteiger partial charge in [0.25, 0.3) is 0 Å². The summed E-state index contributed by atoms with van der Waals surface area (Å²) < 4.78 is 77.8. The zero-order valence-corrected chi connectivity index (χ0v) is 31.8. The normalized spacial score (nSPS) is 24.9. The number of hydrazine groups is 2. The Kier molecular flexibility index (Phi) is 12.6. The van der Waals surface area contributed by atoms with Crippen LogP contribution in [0.3, 0.4) is 0 Å². The molecule has 0 aromatic heterocycles. The summed E-state index contributed by atoms with van der Waals surface area (Å²) in [6.45, 7) is 8.55. The number of rotatable bonds is 6. The van der Waals surface area contributed by atoms with Crippen molar-refractivity contribution >= 4 is 39.1 Å². The number of carbonyl (C=O) groups excluding carboxylic acids is 4. The van der Waals surface area contributed by atoms with Gasteiger partial charge in [-0.15, -0.1) is 0 Å². The molecule has 2 saturated carbocycles. The zero-order chi connectivity index (χ0) is 41.4. The highest BCUT2D eigenvalue weighted by Crippen LogP contribution is 2.47. The molecule has 2 heterocycles. The summed E-state index contributed by atoms with van der Waals surface area (Å²) in [4.78, 5) is 49.1. The van der Waals surface area contributed by atoms with Gasteiger partial charge in [-0.1, -0.05) is 39.8 Å². The molecule has 4 N–H and O–H groups in total. The number of fused-ring (bicyclic) bond motifs is 2. The molecule has 0 saturated heterocycles. The predicted octanol–water partition coefficient (Wildman–Crippen LogP) is 6.25. The first-order valence-electron chi connectivity index (χ1n) is 18.7. The molecule has 2 aliphatic carbocycles. The molecule has 4 atom stereocenters. The number of benzene rings is 2. The zero-order valence-electron chi connectivity index (χ0n) is 31.8. The summed E-state index contributed by atoms with van der Waals surface area (Å²) in [7, 11) is 10.4. The number of nitrogens with one attached hydrogen (secondary N) is 4. The van der Waals surface area contributed by atoms with Gasteiger partial charge in [-0.25, -0.2) is 10.9 Å². The van der Waals surface area contributed by atoms with E-state index in [9.17, 15) is 45.5 Å². The molecule has 300 valence electrons. The lowest BCUT2D eigenvalue weighted by Gasteiger charge is -2.40. The smallest absolute Gasteiger partial charge is 0.363 e. The minimum absolute atomic E-state index is 0.00406. The fraction of sp³-hybridized carbons (Fsp3) is 0.579. The Morgan fingerprint density at radius 1 is 0.661 bits per heavy atom. The number of amides is 4. The van der Waals surface area contributed by atoms with Crippen LogP contribution in [0.5, 0.6) is 0 Å².